The fraction of sp³-hybridized carbons (Fsp3) is 0.600. The molecule has 1 atom stereocenters. The topological polar surface area (TPSA) is 41.3 Å². The first kappa shape index (κ1) is 14.1. The number of likely N-dealkylation sites (tertiary alicyclic amines) is 1. The lowest BCUT2D eigenvalue weighted by molar-refractivity contribution is 0.160. The smallest absolute Gasteiger partial charge is 0.148 e. The van der Waals surface area contributed by atoms with Crippen molar-refractivity contribution in [3.05, 3.63) is 24.0 Å². The van der Waals surface area contributed by atoms with Crippen molar-refractivity contribution in [2.24, 2.45) is 0 Å². The first-order valence-corrected chi connectivity index (χ1v) is 7.20. The average molecular weight is 265 g/mol. The molecule has 4 heteroatoms. The Balaban J connectivity index is 1.71. The number of hydrogen-bond donors (Lipinski definition) is 2. The minimum Gasteiger partial charge on any atom is -0.399 e. The van der Waals surface area contributed by atoms with Gasteiger partial charge < -0.3 is 16.0 Å². The van der Waals surface area contributed by atoms with E-state index in [2.05, 4.69) is 17.1 Å². The molecule has 2 rings (SSSR count). The second-order valence-corrected chi connectivity index (χ2v) is 5.40. The quantitative estimate of drug-likeness (QED) is 0.635. The highest BCUT2D eigenvalue weighted by Crippen LogP contribution is 2.18. The Morgan fingerprint density at radius 1 is 1.42 bits per heavy atom. The van der Waals surface area contributed by atoms with Crippen LogP contribution < -0.4 is 11.1 Å². The summed E-state index contributed by atoms with van der Waals surface area (Å²) >= 11 is 0. The molecule has 0 spiro atoms. The molecule has 1 aliphatic rings. The van der Waals surface area contributed by atoms with Crippen molar-refractivity contribution in [3.8, 4) is 0 Å². The van der Waals surface area contributed by atoms with Crippen LogP contribution in [0.25, 0.3) is 0 Å². The third kappa shape index (κ3) is 4.10. The van der Waals surface area contributed by atoms with Crippen LogP contribution in [0.3, 0.4) is 0 Å². The zero-order valence-corrected chi connectivity index (χ0v) is 11.7. The van der Waals surface area contributed by atoms with Gasteiger partial charge in [0.1, 0.15) is 5.82 Å². The van der Waals surface area contributed by atoms with Crippen molar-refractivity contribution in [3.63, 3.8) is 0 Å². The molecule has 1 unspecified atom stereocenters. The van der Waals surface area contributed by atoms with Crippen LogP contribution in [0.4, 0.5) is 15.8 Å². The molecule has 1 saturated heterocycles. The van der Waals surface area contributed by atoms with E-state index >= 15 is 0 Å². The first-order chi connectivity index (χ1) is 9.16. The van der Waals surface area contributed by atoms with E-state index in [1.165, 1.54) is 31.9 Å². The van der Waals surface area contributed by atoms with Crippen LogP contribution in [0, 0.1) is 5.82 Å². The minimum atomic E-state index is -0.272. The molecule has 3 N–H and O–H groups in total. The Morgan fingerprint density at radius 3 is 3.00 bits per heavy atom. The monoisotopic (exact) mass is 265 g/mol. The molecule has 1 aromatic carbocycles. The van der Waals surface area contributed by atoms with Gasteiger partial charge in [0.2, 0.25) is 0 Å². The molecule has 0 bridgehead atoms. The second-order valence-electron chi connectivity index (χ2n) is 5.40. The Morgan fingerprint density at radius 2 is 2.26 bits per heavy atom. The summed E-state index contributed by atoms with van der Waals surface area (Å²) in [5.74, 6) is -0.272. The maximum atomic E-state index is 13.5. The molecule has 0 saturated carbocycles. The van der Waals surface area contributed by atoms with Crippen LogP contribution in [0.15, 0.2) is 18.2 Å². The van der Waals surface area contributed by atoms with Crippen LogP contribution in [0.1, 0.15) is 32.6 Å². The van der Waals surface area contributed by atoms with Gasteiger partial charge >= 0.3 is 0 Å². The van der Waals surface area contributed by atoms with Crippen molar-refractivity contribution >= 4 is 11.4 Å². The van der Waals surface area contributed by atoms with Gasteiger partial charge in [-0.1, -0.05) is 6.42 Å². The van der Waals surface area contributed by atoms with Crippen LogP contribution in [-0.4, -0.2) is 30.6 Å². The second kappa shape index (κ2) is 6.75. The molecule has 3 nitrogen and oxygen atoms in total. The molecule has 19 heavy (non-hydrogen) atoms. The van der Waals surface area contributed by atoms with Gasteiger partial charge in [0.15, 0.2) is 0 Å². The van der Waals surface area contributed by atoms with Gasteiger partial charge in [-0.3, -0.25) is 0 Å². The largest absolute Gasteiger partial charge is 0.399 e. The van der Waals surface area contributed by atoms with Crippen molar-refractivity contribution in [1.82, 2.24) is 4.90 Å². The van der Waals surface area contributed by atoms with E-state index in [1.807, 2.05) is 0 Å². The summed E-state index contributed by atoms with van der Waals surface area (Å²) in [6.07, 6.45) is 5.01. The Bertz CT molecular complexity index is 408. The molecule has 0 radical (unpaired) electrons. The summed E-state index contributed by atoms with van der Waals surface area (Å²) in [6.45, 7) is 5.39. The van der Waals surface area contributed by atoms with Crippen LogP contribution in [-0.2, 0) is 0 Å². The lowest BCUT2D eigenvalue weighted by atomic mass is 10.0. The van der Waals surface area contributed by atoms with Gasteiger partial charge in [-0.15, -0.1) is 0 Å². The maximum Gasteiger partial charge on any atom is 0.148 e. The number of halogens is 1. The van der Waals surface area contributed by atoms with E-state index in [0.717, 1.165) is 19.5 Å². The van der Waals surface area contributed by atoms with Gasteiger partial charge in [-0.2, -0.15) is 0 Å². The molecule has 0 aromatic heterocycles. The molecule has 0 aliphatic carbocycles. The first-order valence-electron chi connectivity index (χ1n) is 7.20. The number of anilines is 2. The predicted octanol–water partition coefficient (Wildman–Crippen LogP) is 3.08. The standard InChI is InChI=1S/C15H24FN3/c1-12-5-2-3-9-19(12)10-4-8-18-15-7-6-13(17)11-14(15)16/h6-7,11-12,18H,2-5,8-10,17H2,1H3. The Hall–Kier alpha value is -1.29. The van der Waals surface area contributed by atoms with Crippen LogP contribution >= 0.6 is 0 Å². The fourth-order valence-corrected chi connectivity index (χ4v) is 2.67. The van der Waals surface area contributed by atoms with Crippen molar-refractivity contribution in [2.45, 2.75) is 38.6 Å². The van der Waals surface area contributed by atoms with E-state index < -0.39 is 0 Å². The highest BCUT2D eigenvalue weighted by molar-refractivity contribution is 5.52. The molecule has 1 aliphatic heterocycles. The lowest BCUT2D eigenvalue weighted by Crippen LogP contribution is -2.38. The number of rotatable bonds is 5. The van der Waals surface area contributed by atoms with E-state index in [0.29, 0.717) is 17.4 Å². The van der Waals surface area contributed by atoms with Gasteiger partial charge in [-0.05, 0) is 50.9 Å². The summed E-state index contributed by atoms with van der Waals surface area (Å²) < 4.78 is 13.5. The predicted molar refractivity (Wildman–Crippen MR) is 78.8 cm³/mol. The molecule has 0 amide bonds. The zero-order valence-electron chi connectivity index (χ0n) is 11.7. The van der Waals surface area contributed by atoms with E-state index in [9.17, 15) is 4.39 Å². The summed E-state index contributed by atoms with van der Waals surface area (Å²) in [4.78, 5) is 2.53. The van der Waals surface area contributed by atoms with E-state index in [1.54, 1.807) is 12.1 Å². The summed E-state index contributed by atoms with van der Waals surface area (Å²) in [6, 6.07) is 5.48. The molecular weight excluding hydrogens is 241 g/mol. The number of hydrogen-bond acceptors (Lipinski definition) is 3. The fourth-order valence-electron chi connectivity index (χ4n) is 2.67. The Kier molecular flexibility index (Phi) is 5.02. The normalized spacial score (nSPS) is 20.4. The van der Waals surface area contributed by atoms with Crippen LogP contribution in [0.5, 0.6) is 0 Å². The molecule has 1 heterocycles. The van der Waals surface area contributed by atoms with E-state index in [-0.39, 0.29) is 5.82 Å². The zero-order chi connectivity index (χ0) is 13.7. The highest BCUT2D eigenvalue weighted by Gasteiger charge is 2.17. The summed E-state index contributed by atoms with van der Waals surface area (Å²) in [5, 5.41) is 3.14. The van der Waals surface area contributed by atoms with Gasteiger partial charge in [0.25, 0.3) is 0 Å². The van der Waals surface area contributed by atoms with Crippen molar-refractivity contribution in [1.29, 1.82) is 0 Å². The molecule has 1 aromatic rings. The third-order valence-electron chi connectivity index (χ3n) is 3.87. The summed E-state index contributed by atoms with van der Waals surface area (Å²) in [5.41, 5.74) is 6.53. The molecule has 106 valence electrons. The van der Waals surface area contributed by atoms with Crippen molar-refractivity contribution < 1.29 is 4.39 Å². The van der Waals surface area contributed by atoms with Crippen molar-refractivity contribution in [2.75, 3.05) is 30.7 Å². The number of nitrogens with two attached hydrogens (primary N) is 1. The number of benzene rings is 1. The maximum absolute atomic E-state index is 13.5. The van der Waals surface area contributed by atoms with Crippen LogP contribution in [0.2, 0.25) is 0 Å². The minimum absolute atomic E-state index is 0.272. The average Bonchev–Trinajstić information content (AvgIpc) is 2.38. The highest BCUT2D eigenvalue weighted by atomic mass is 19.1. The third-order valence-corrected chi connectivity index (χ3v) is 3.87. The Labute approximate surface area is 115 Å². The SMILES string of the molecule is CC1CCCCN1CCCNc1ccc(N)cc1F. The lowest BCUT2D eigenvalue weighted by Gasteiger charge is -2.33. The van der Waals surface area contributed by atoms with Gasteiger partial charge in [-0.25, -0.2) is 4.39 Å². The molecular formula is C15H24FN3. The number of nitrogens with one attached hydrogen (secondary N) is 1. The number of nitrogens with zero attached hydrogens (tertiary/aromatic N) is 1. The van der Waals surface area contributed by atoms with Gasteiger partial charge in [0.05, 0.1) is 5.69 Å². The van der Waals surface area contributed by atoms with Gasteiger partial charge in [0, 0.05) is 24.8 Å². The summed E-state index contributed by atoms with van der Waals surface area (Å²) in [7, 11) is 0. The number of piperidine rings is 1. The molecule has 1 fully saturated rings. The number of nitrogen functional groups attached to an aromatic ring is 1. The van der Waals surface area contributed by atoms with E-state index in [4.69, 9.17) is 5.73 Å².